The van der Waals surface area contributed by atoms with Crippen molar-refractivity contribution in [1.29, 1.82) is 0 Å². The van der Waals surface area contributed by atoms with E-state index in [1.165, 1.54) is 0 Å². The van der Waals surface area contributed by atoms with Gasteiger partial charge in [-0.1, -0.05) is 32.9 Å². The Morgan fingerprint density at radius 1 is 1.00 bits per heavy atom. The fourth-order valence-corrected chi connectivity index (χ4v) is 4.34. The first-order chi connectivity index (χ1) is 14.7. The number of benzene rings is 1. The van der Waals surface area contributed by atoms with Crippen molar-refractivity contribution in [1.82, 2.24) is 14.7 Å². The molecule has 1 aromatic carbocycles. The highest BCUT2D eigenvalue weighted by atomic mass is 16.5. The van der Waals surface area contributed by atoms with Gasteiger partial charge in [0.15, 0.2) is 0 Å². The predicted molar refractivity (Wildman–Crippen MR) is 119 cm³/mol. The molecule has 2 saturated heterocycles. The molecule has 0 saturated carbocycles. The number of rotatable bonds is 4. The van der Waals surface area contributed by atoms with Crippen molar-refractivity contribution in [3.05, 3.63) is 29.8 Å². The van der Waals surface area contributed by atoms with Crippen molar-refractivity contribution in [2.75, 3.05) is 46.4 Å². The van der Waals surface area contributed by atoms with Crippen molar-refractivity contribution < 1.29 is 19.1 Å². The highest BCUT2D eigenvalue weighted by Crippen LogP contribution is 2.25. The van der Waals surface area contributed by atoms with Gasteiger partial charge in [-0.05, 0) is 30.5 Å². The van der Waals surface area contributed by atoms with Gasteiger partial charge >= 0.3 is 0 Å². The van der Waals surface area contributed by atoms with E-state index >= 15 is 0 Å². The van der Waals surface area contributed by atoms with E-state index in [9.17, 15) is 14.4 Å². The Labute approximate surface area is 185 Å². The first-order valence-electron chi connectivity index (χ1n) is 11.2. The molecule has 170 valence electrons. The van der Waals surface area contributed by atoms with E-state index in [2.05, 4.69) is 0 Å². The van der Waals surface area contributed by atoms with E-state index in [1.807, 2.05) is 59.7 Å². The highest BCUT2D eigenvalue weighted by molar-refractivity contribution is 5.84. The van der Waals surface area contributed by atoms with Crippen LogP contribution >= 0.6 is 0 Å². The summed E-state index contributed by atoms with van der Waals surface area (Å²) in [4.78, 5) is 43.9. The molecule has 2 aliphatic heterocycles. The first kappa shape index (κ1) is 23.1. The normalized spacial score (nSPS) is 19.9. The molecule has 3 rings (SSSR count). The summed E-state index contributed by atoms with van der Waals surface area (Å²) in [5.41, 5.74) is 0.494. The smallest absolute Gasteiger partial charge is 0.227 e. The summed E-state index contributed by atoms with van der Waals surface area (Å²) < 4.78 is 5.23. The van der Waals surface area contributed by atoms with Crippen LogP contribution in [-0.2, 0) is 20.8 Å². The molecule has 2 heterocycles. The number of nitrogens with zero attached hydrogens (tertiary/aromatic N) is 3. The molecular formula is C24H35N3O4. The third-order valence-electron chi connectivity index (χ3n) is 6.13. The molecule has 2 fully saturated rings. The molecule has 0 radical (unpaired) electrons. The molecule has 31 heavy (non-hydrogen) atoms. The number of amides is 3. The lowest BCUT2D eigenvalue weighted by atomic mass is 9.90. The predicted octanol–water partition coefficient (Wildman–Crippen LogP) is 2.19. The largest absolute Gasteiger partial charge is 0.497 e. The molecule has 7 heteroatoms. The third-order valence-corrected chi connectivity index (χ3v) is 6.13. The van der Waals surface area contributed by atoms with Crippen LogP contribution in [0.2, 0.25) is 0 Å². The van der Waals surface area contributed by atoms with Crippen LogP contribution in [-0.4, -0.2) is 78.8 Å². The van der Waals surface area contributed by atoms with Crippen LogP contribution in [0.5, 0.6) is 5.75 Å². The molecule has 0 spiro atoms. The van der Waals surface area contributed by atoms with Crippen LogP contribution < -0.4 is 4.74 Å². The minimum atomic E-state index is -0.431. The SMILES string of the molecule is COc1cccc(CC(=O)N2CCN(C(=O)C3CCCN(C(=O)C(C)(C)C)C3)CC2)c1. The summed E-state index contributed by atoms with van der Waals surface area (Å²) in [6, 6.07) is 7.55. The summed E-state index contributed by atoms with van der Waals surface area (Å²) in [5, 5.41) is 0. The summed E-state index contributed by atoms with van der Waals surface area (Å²) in [6.45, 7) is 9.18. The van der Waals surface area contributed by atoms with Gasteiger partial charge in [0.1, 0.15) is 5.75 Å². The summed E-state index contributed by atoms with van der Waals surface area (Å²) in [6.07, 6.45) is 2.01. The van der Waals surface area contributed by atoms with Crippen molar-refractivity contribution in [2.45, 2.75) is 40.0 Å². The number of ether oxygens (including phenoxy) is 1. The first-order valence-corrected chi connectivity index (χ1v) is 11.2. The van der Waals surface area contributed by atoms with E-state index in [1.54, 1.807) is 7.11 Å². The quantitative estimate of drug-likeness (QED) is 0.736. The van der Waals surface area contributed by atoms with Crippen LogP contribution in [0, 0.1) is 11.3 Å². The second-order valence-corrected chi connectivity index (χ2v) is 9.57. The summed E-state index contributed by atoms with van der Waals surface area (Å²) in [7, 11) is 1.61. The van der Waals surface area contributed by atoms with Crippen molar-refractivity contribution in [3.63, 3.8) is 0 Å². The second kappa shape index (κ2) is 9.71. The number of piperidine rings is 1. The number of methoxy groups -OCH3 is 1. The molecule has 2 aliphatic rings. The molecule has 1 aromatic rings. The lowest BCUT2D eigenvalue weighted by Crippen LogP contribution is -2.54. The minimum absolute atomic E-state index is 0.0694. The Balaban J connectivity index is 1.51. The Morgan fingerprint density at radius 2 is 1.68 bits per heavy atom. The van der Waals surface area contributed by atoms with Crippen LogP contribution in [0.15, 0.2) is 24.3 Å². The fourth-order valence-electron chi connectivity index (χ4n) is 4.34. The van der Waals surface area contributed by atoms with Crippen molar-refractivity contribution in [2.24, 2.45) is 11.3 Å². The fraction of sp³-hybridized carbons (Fsp3) is 0.625. The topological polar surface area (TPSA) is 70.2 Å². The zero-order valence-corrected chi connectivity index (χ0v) is 19.2. The Morgan fingerprint density at radius 3 is 2.32 bits per heavy atom. The van der Waals surface area contributed by atoms with Gasteiger partial charge in [-0.2, -0.15) is 0 Å². The van der Waals surface area contributed by atoms with E-state index in [-0.39, 0.29) is 23.6 Å². The van der Waals surface area contributed by atoms with Gasteiger partial charge in [0.25, 0.3) is 0 Å². The van der Waals surface area contributed by atoms with Gasteiger partial charge in [-0.3, -0.25) is 14.4 Å². The van der Waals surface area contributed by atoms with E-state index < -0.39 is 5.41 Å². The van der Waals surface area contributed by atoms with Gasteiger partial charge in [0.2, 0.25) is 17.7 Å². The van der Waals surface area contributed by atoms with Crippen molar-refractivity contribution in [3.8, 4) is 5.75 Å². The van der Waals surface area contributed by atoms with Crippen LogP contribution in [0.25, 0.3) is 0 Å². The molecule has 0 aromatic heterocycles. The average Bonchev–Trinajstić information content (AvgIpc) is 2.77. The van der Waals surface area contributed by atoms with Crippen molar-refractivity contribution >= 4 is 17.7 Å². The van der Waals surface area contributed by atoms with Gasteiger partial charge in [-0.15, -0.1) is 0 Å². The van der Waals surface area contributed by atoms with Gasteiger partial charge in [0.05, 0.1) is 19.4 Å². The highest BCUT2D eigenvalue weighted by Gasteiger charge is 2.36. The lowest BCUT2D eigenvalue weighted by Gasteiger charge is -2.40. The van der Waals surface area contributed by atoms with Gasteiger partial charge < -0.3 is 19.4 Å². The van der Waals surface area contributed by atoms with Crippen LogP contribution in [0.3, 0.4) is 0 Å². The molecule has 0 aliphatic carbocycles. The Hall–Kier alpha value is -2.57. The van der Waals surface area contributed by atoms with Gasteiger partial charge in [0, 0.05) is 44.7 Å². The molecular weight excluding hydrogens is 394 g/mol. The molecule has 0 bridgehead atoms. The number of hydrogen-bond acceptors (Lipinski definition) is 4. The number of carbonyl (C=O) groups is 3. The molecule has 1 atom stereocenters. The zero-order chi connectivity index (χ0) is 22.6. The molecule has 7 nitrogen and oxygen atoms in total. The number of piperazine rings is 1. The number of likely N-dealkylation sites (tertiary alicyclic amines) is 1. The third kappa shape index (κ3) is 5.77. The minimum Gasteiger partial charge on any atom is -0.497 e. The Bertz CT molecular complexity index is 809. The number of carbonyl (C=O) groups excluding carboxylic acids is 3. The molecule has 1 unspecified atom stereocenters. The maximum Gasteiger partial charge on any atom is 0.227 e. The maximum absolute atomic E-state index is 13.1. The lowest BCUT2D eigenvalue weighted by molar-refractivity contribution is -0.147. The standard InChI is InChI=1S/C24H35N3O4/c1-24(2,3)23(30)27-10-6-8-19(17-27)22(29)26-13-11-25(12-14-26)21(28)16-18-7-5-9-20(15-18)31-4/h5,7,9,15,19H,6,8,10-14,16-17H2,1-4H3. The molecule has 3 amide bonds. The van der Waals surface area contributed by atoms with Crippen LogP contribution in [0.1, 0.15) is 39.2 Å². The van der Waals surface area contributed by atoms with E-state index in [0.29, 0.717) is 39.1 Å². The van der Waals surface area contributed by atoms with Gasteiger partial charge in [-0.25, -0.2) is 0 Å². The zero-order valence-electron chi connectivity index (χ0n) is 19.2. The number of hydrogen-bond donors (Lipinski definition) is 0. The summed E-state index contributed by atoms with van der Waals surface area (Å²) in [5.74, 6) is 0.899. The average molecular weight is 430 g/mol. The monoisotopic (exact) mass is 429 g/mol. The second-order valence-electron chi connectivity index (χ2n) is 9.57. The maximum atomic E-state index is 13.1. The summed E-state index contributed by atoms with van der Waals surface area (Å²) >= 11 is 0. The van der Waals surface area contributed by atoms with Crippen LogP contribution in [0.4, 0.5) is 0 Å². The molecule has 0 N–H and O–H groups in total. The van der Waals surface area contributed by atoms with E-state index in [4.69, 9.17) is 4.74 Å². The van der Waals surface area contributed by atoms with E-state index in [0.717, 1.165) is 30.7 Å². The Kier molecular flexibility index (Phi) is 7.23.